The molecule has 19 heavy (non-hydrogen) atoms. The molecule has 0 spiro atoms. The summed E-state index contributed by atoms with van der Waals surface area (Å²) in [7, 11) is 0. The molecule has 2 N–H and O–H groups in total. The maximum atomic E-state index is 12.1. The van der Waals surface area contributed by atoms with Gasteiger partial charge in [0.2, 0.25) is 0 Å². The molecule has 0 atom stereocenters. The number of amides is 1. The van der Waals surface area contributed by atoms with Gasteiger partial charge in [-0.2, -0.15) is 0 Å². The summed E-state index contributed by atoms with van der Waals surface area (Å²) in [6.07, 6.45) is 1.61. The first kappa shape index (κ1) is 13.5. The second-order valence-electron chi connectivity index (χ2n) is 4.39. The smallest absolute Gasteiger partial charge is 0.253 e. The van der Waals surface area contributed by atoms with Gasteiger partial charge in [0.15, 0.2) is 0 Å². The van der Waals surface area contributed by atoms with Crippen LogP contribution in [0.4, 0.5) is 0 Å². The van der Waals surface area contributed by atoms with Gasteiger partial charge < -0.3 is 15.2 Å². The summed E-state index contributed by atoms with van der Waals surface area (Å²) in [6.45, 7) is 7.77. The van der Waals surface area contributed by atoms with E-state index < -0.39 is 0 Å². The predicted octanol–water partition coefficient (Wildman–Crippen LogP) is 1.63. The van der Waals surface area contributed by atoms with Crippen LogP contribution in [0.25, 0.3) is 11.0 Å². The van der Waals surface area contributed by atoms with Gasteiger partial charge in [-0.3, -0.25) is 4.79 Å². The van der Waals surface area contributed by atoms with Crippen LogP contribution in [0.5, 0.6) is 0 Å². The van der Waals surface area contributed by atoms with E-state index >= 15 is 0 Å². The summed E-state index contributed by atoms with van der Waals surface area (Å²) in [6, 6.07) is 5.57. The van der Waals surface area contributed by atoms with Crippen LogP contribution in [0.2, 0.25) is 0 Å². The van der Waals surface area contributed by atoms with Crippen LogP contribution in [0.1, 0.15) is 24.2 Å². The average molecular weight is 260 g/mol. The molecular formula is C14H20N4O. The summed E-state index contributed by atoms with van der Waals surface area (Å²) in [5.41, 5.74) is 2.23. The number of carbonyl (C=O) groups excluding carboxylic acids is 1. The number of carbonyl (C=O) groups is 1. The number of aromatic amines is 1. The molecule has 2 rings (SSSR count). The van der Waals surface area contributed by atoms with Gasteiger partial charge in [0.1, 0.15) is 5.52 Å². The van der Waals surface area contributed by atoms with E-state index in [0.717, 1.165) is 30.7 Å². The molecule has 0 aliphatic heterocycles. The van der Waals surface area contributed by atoms with Gasteiger partial charge >= 0.3 is 0 Å². The maximum absolute atomic E-state index is 12.1. The van der Waals surface area contributed by atoms with Gasteiger partial charge in [0.25, 0.3) is 5.91 Å². The topological polar surface area (TPSA) is 61.0 Å². The minimum atomic E-state index is -0.0649. The zero-order valence-electron chi connectivity index (χ0n) is 11.4. The van der Waals surface area contributed by atoms with E-state index in [9.17, 15) is 4.79 Å². The molecule has 1 amide bonds. The third-order valence-corrected chi connectivity index (χ3v) is 3.30. The Morgan fingerprint density at radius 1 is 1.37 bits per heavy atom. The minimum absolute atomic E-state index is 0.0649. The highest BCUT2D eigenvalue weighted by atomic mass is 16.1. The summed E-state index contributed by atoms with van der Waals surface area (Å²) < 4.78 is 0. The molecule has 2 aromatic rings. The number of aromatic nitrogens is 2. The number of hydrogen-bond acceptors (Lipinski definition) is 3. The summed E-state index contributed by atoms with van der Waals surface area (Å²) in [5, 5.41) is 2.95. The van der Waals surface area contributed by atoms with Crippen molar-refractivity contribution >= 4 is 16.9 Å². The number of likely N-dealkylation sites (N-methyl/N-ethyl adjacent to an activating group) is 1. The third-order valence-electron chi connectivity index (χ3n) is 3.30. The summed E-state index contributed by atoms with van der Waals surface area (Å²) in [4.78, 5) is 21.6. The van der Waals surface area contributed by atoms with Gasteiger partial charge in [0, 0.05) is 13.1 Å². The molecule has 0 saturated carbocycles. The largest absolute Gasteiger partial charge is 0.351 e. The molecule has 1 aromatic heterocycles. The van der Waals surface area contributed by atoms with Crippen molar-refractivity contribution in [3.05, 3.63) is 30.1 Å². The van der Waals surface area contributed by atoms with Crippen molar-refractivity contribution in [2.24, 2.45) is 0 Å². The monoisotopic (exact) mass is 260 g/mol. The summed E-state index contributed by atoms with van der Waals surface area (Å²) >= 11 is 0. The van der Waals surface area contributed by atoms with Crippen LogP contribution in [-0.2, 0) is 0 Å². The number of nitrogens with one attached hydrogen (secondary N) is 2. The van der Waals surface area contributed by atoms with Crippen molar-refractivity contribution in [1.82, 2.24) is 20.2 Å². The van der Waals surface area contributed by atoms with Crippen molar-refractivity contribution in [2.45, 2.75) is 13.8 Å². The SMILES string of the molecule is CCN(CC)CCNC(=O)c1cccc2[nH]cnc12. The highest BCUT2D eigenvalue weighted by Gasteiger charge is 2.11. The molecule has 0 radical (unpaired) electrons. The van der Waals surface area contributed by atoms with E-state index in [1.165, 1.54) is 0 Å². The second-order valence-corrected chi connectivity index (χ2v) is 4.39. The van der Waals surface area contributed by atoms with Gasteiger partial charge in [-0.05, 0) is 25.2 Å². The van der Waals surface area contributed by atoms with Crippen LogP contribution in [0.15, 0.2) is 24.5 Å². The fourth-order valence-electron chi connectivity index (χ4n) is 2.11. The lowest BCUT2D eigenvalue weighted by atomic mass is 10.1. The molecule has 1 aromatic carbocycles. The molecule has 5 nitrogen and oxygen atoms in total. The van der Waals surface area contributed by atoms with E-state index in [1.54, 1.807) is 12.4 Å². The van der Waals surface area contributed by atoms with E-state index in [1.807, 2.05) is 12.1 Å². The highest BCUT2D eigenvalue weighted by Crippen LogP contribution is 2.14. The van der Waals surface area contributed by atoms with Crippen molar-refractivity contribution in [3.63, 3.8) is 0 Å². The molecule has 0 bridgehead atoms. The molecule has 0 saturated heterocycles. The Hall–Kier alpha value is -1.88. The normalized spacial score (nSPS) is 11.1. The van der Waals surface area contributed by atoms with Crippen LogP contribution >= 0.6 is 0 Å². The lowest BCUT2D eigenvalue weighted by Gasteiger charge is -2.17. The fraction of sp³-hybridized carbons (Fsp3) is 0.429. The molecule has 0 aliphatic rings. The first-order valence-corrected chi connectivity index (χ1v) is 6.69. The zero-order chi connectivity index (χ0) is 13.7. The Morgan fingerprint density at radius 3 is 2.89 bits per heavy atom. The van der Waals surface area contributed by atoms with Gasteiger partial charge in [-0.15, -0.1) is 0 Å². The Balaban J connectivity index is 1.98. The van der Waals surface area contributed by atoms with Crippen LogP contribution in [0.3, 0.4) is 0 Å². The van der Waals surface area contributed by atoms with Gasteiger partial charge in [-0.25, -0.2) is 4.98 Å². The molecule has 0 aliphatic carbocycles. The molecular weight excluding hydrogens is 240 g/mol. The summed E-state index contributed by atoms with van der Waals surface area (Å²) in [5.74, 6) is -0.0649. The van der Waals surface area contributed by atoms with Crippen LogP contribution in [-0.4, -0.2) is 47.0 Å². The zero-order valence-corrected chi connectivity index (χ0v) is 11.4. The van der Waals surface area contributed by atoms with Crippen molar-refractivity contribution in [2.75, 3.05) is 26.2 Å². The average Bonchev–Trinajstić information content (AvgIpc) is 2.91. The highest BCUT2D eigenvalue weighted by molar-refractivity contribution is 6.04. The number of para-hydroxylation sites is 1. The van der Waals surface area contributed by atoms with E-state index in [-0.39, 0.29) is 5.91 Å². The first-order valence-electron chi connectivity index (χ1n) is 6.69. The standard InChI is InChI=1S/C14H20N4O/c1-3-18(4-2)9-8-15-14(19)11-6-5-7-12-13(11)17-10-16-12/h5-7,10H,3-4,8-9H2,1-2H3,(H,15,19)(H,16,17). The molecule has 0 unspecified atom stereocenters. The Morgan fingerprint density at radius 2 is 2.16 bits per heavy atom. The number of benzene rings is 1. The maximum Gasteiger partial charge on any atom is 0.253 e. The fourth-order valence-corrected chi connectivity index (χ4v) is 2.11. The minimum Gasteiger partial charge on any atom is -0.351 e. The molecule has 102 valence electrons. The van der Waals surface area contributed by atoms with Crippen LogP contribution in [0, 0.1) is 0 Å². The lowest BCUT2D eigenvalue weighted by molar-refractivity contribution is 0.0950. The first-order chi connectivity index (χ1) is 9.26. The Kier molecular flexibility index (Phi) is 4.52. The second kappa shape index (κ2) is 6.33. The number of H-pyrrole nitrogens is 1. The molecule has 5 heteroatoms. The molecule has 1 heterocycles. The molecule has 0 fully saturated rings. The van der Waals surface area contributed by atoms with E-state index in [4.69, 9.17) is 0 Å². The number of hydrogen-bond donors (Lipinski definition) is 2. The number of rotatable bonds is 6. The number of nitrogens with zero attached hydrogens (tertiary/aromatic N) is 2. The van der Waals surface area contributed by atoms with Gasteiger partial charge in [0.05, 0.1) is 17.4 Å². The van der Waals surface area contributed by atoms with Gasteiger partial charge in [-0.1, -0.05) is 19.9 Å². The quantitative estimate of drug-likeness (QED) is 0.830. The number of fused-ring (bicyclic) bond motifs is 1. The number of imidazole rings is 1. The Bertz CT molecular complexity index is 545. The van der Waals surface area contributed by atoms with Crippen molar-refractivity contribution in [1.29, 1.82) is 0 Å². The predicted molar refractivity (Wildman–Crippen MR) is 76.2 cm³/mol. The lowest BCUT2D eigenvalue weighted by Crippen LogP contribution is -2.34. The van der Waals surface area contributed by atoms with Crippen molar-refractivity contribution in [3.8, 4) is 0 Å². The third kappa shape index (κ3) is 3.12. The van der Waals surface area contributed by atoms with Crippen molar-refractivity contribution < 1.29 is 4.79 Å². The Labute approximate surface area is 113 Å². The van der Waals surface area contributed by atoms with E-state index in [2.05, 4.69) is 34.0 Å². The van der Waals surface area contributed by atoms with E-state index in [0.29, 0.717) is 12.1 Å². The van der Waals surface area contributed by atoms with Crippen LogP contribution < -0.4 is 5.32 Å².